The van der Waals surface area contributed by atoms with Crippen molar-refractivity contribution in [2.24, 2.45) is 0 Å². The Labute approximate surface area is 193 Å². The number of nitrogens with zero attached hydrogens (tertiary/aromatic N) is 2. The Morgan fingerprint density at radius 2 is 2.26 bits per heavy atom. The van der Waals surface area contributed by atoms with E-state index in [2.05, 4.69) is 16.9 Å². The molecule has 0 radical (unpaired) electrons. The van der Waals surface area contributed by atoms with E-state index in [0.29, 0.717) is 33.5 Å². The summed E-state index contributed by atoms with van der Waals surface area (Å²) in [6, 6.07) is 7.44. The lowest BCUT2D eigenvalue weighted by Gasteiger charge is -2.12. The maximum atomic E-state index is 13.4. The number of nitrogens with one attached hydrogen (secondary N) is 1. The van der Waals surface area contributed by atoms with Gasteiger partial charge in [-0.15, -0.1) is 17.9 Å². The van der Waals surface area contributed by atoms with E-state index in [4.69, 9.17) is 16.3 Å². The number of thiophene rings is 1. The second-order valence-electron chi connectivity index (χ2n) is 7.14. The van der Waals surface area contributed by atoms with Gasteiger partial charge in [0.25, 0.3) is 5.56 Å². The van der Waals surface area contributed by atoms with Gasteiger partial charge in [0.2, 0.25) is 5.91 Å². The zero-order valence-electron chi connectivity index (χ0n) is 16.8. The number of amides is 1. The fourth-order valence-corrected chi connectivity index (χ4v) is 5.55. The molecular formula is C22H22ClN3O3S2. The van der Waals surface area contributed by atoms with E-state index < -0.39 is 0 Å². The highest BCUT2D eigenvalue weighted by Gasteiger charge is 2.20. The molecule has 2 aromatic heterocycles. The number of halogens is 1. The topological polar surface area (TPSA) is 73.2 Å². The van der Waals surface area contributed by atoms with Gasteiger partial charge < -0.3 is 10.1 Å². The molecule has 1 amide bonds. The first kappa shape index (κ1) is 22.1. The highest BCUT2D eigenvalue weighted by molar-refractivity contribution is 7.99. The summed E-state index contributed by atoms with van der Waals surface area (Å²) in [5.41, 5.74) is 1.41. The van der Waals surface area contributed by atoms with E-state index in [1.165, 1.54) is 23.1 Å². The van der Waals surface area contributed by atoms with Crippen LogP contribution in [0.2, 0.25) is 5.02 Å². The highest BCUT2D eigenvalue weighted by Crippen LogP contribution is 2.35. The van der Waals surface area contributed by atoms with E-state index in [1.807, 2.05) is 23.6 Å². The average Bonchev–Trinajstić information content (AvgIpc) is 3.43. The van der Waals surface area contributed by atoms with Crippen molar-refractivity contribution in [3.8, 4) is 11.1 Å². The summed E-state index contributed by atoms with van der Waals surface area (Å²) < 4.78 is 7.09. The molecule has 0 aliphatic carbocycles. The maximum Gasteiger partial charge on any atom is 0.263 e. The number of benzene rings is 1. The third-order valence-corrected chi connectivity index (χ3v) is 7.20. The fourth-order valence-electron chi connectivity index (χ4n) is 3.50. The first-order chi connectivity index (χ1) is 15.1. The summed E-state index contributed by atoms with van der Waals surface area (Å²) in [5, 5.41) is 6.42. The summed E-state index contributed by atoms with van der Waals surface area (Å²) in [7, 11) is 0. The second kappa shape index (κ2) is 9.99. The van der Waals surface area contributed by atoms with Crippen LogP contribution in [0.4, 0.5) is 0 Å². The van der Waals surface area contributed by atoms with Crippen molar-refractivity contribution in [2.45, 2.75) is 30.6 Å². The predicted octanol–water partition coefficient (Wildman–Crippen LogP) is 4.35. The summed E-state index contributed by atoms with van der Waals surface area (Å²) >= 11 is 9.00. The molecule has 162 valence electrons. The number of aromatic nitrogens is 2. The lowest BCUT2D eigenvalue weighted by molar-refractivity contribution is -0.119. The van der Waals surface area contributed by atoms with Crippen molar-refractivity contribution in [1.29, 1.82) is 0 Å². The van der Waals surface area contributed by atoms with E-state index in [0.717, 1.165) is 30.6 Å². The highest BCUT2D eigenvalue weighted by atomic mass is 35.5. The molecule has 3 aromatic rings. The minimum Gasteiger partial charge on any atom is -0.376 e. The van der Waals surface area contributed by atoms with Gasteiger partial charge in [-0.1, -0.05) is 47.6 Å². The molecule has 4 rings (SSSR count). The van der Waals surface area contributed by atoms with Crippen molar-refractivity contribution in [3.63, 3.8) is 0 Å². The lowest BCUT2D eigenvalue weighted by atomic mass is 10.1. The van der Waals surface area contributed by atoms with Gasteiger partial charge in [-0.3, -0.25) is 14.2 Å². The summed E-state index contributed by atoms with van der Waals surface area (Å²) in [4.78, 5) is 31.0. The zero-order valence-corrected chi connectivity index (χ0v) is 19.2. The largest absolute Gasteiger partial charge is 0.376 e. The Morgan fingerprint density at radius 1 is 1.42 bits per heavy atom. The third-order valence-electron chi connectivity index (χ3n) is 5.02. The minimum absolute atomic E-state index is 0.0942. The number of allylic oxidation sites excluding steroid dienone is 1. The molecule has 3 heterocycles. The van der Waals surface area contributed by atoms with Crippen LogP contribution < -0.4 is 10.9 Å². The molecule has 1 atom stereocenters. The number of hydrogen-bond acceptors (Lipinski definition) is 6. The van der Waals surface area contributed by atoms with Crippen molar-refractivity contribution in [1.82, 2.24) is 14.9 Å². The number of thioether (sulfide) groups is 1. The second-order valence-corrected chi connectivity index (χ2v) is 9.34. The molecule has 1 saturated heterocycles. The van der Waals surface area contributed by atoms with Crippen LogP contribution in [0.5, 0.6) is 0 Å². The molecule has 1 fully saturated rings. The van der Waals surface area contributed by atoms with E-state index in [9.17, 15) is 9.59 Å². The Bertz CT molecular complexity index is 1170. The number of carbonyl (C=O) groups is 1. The molecule has 1 N–H and O–H groups in total. The number of hydrogen-bond donors (Lipinski definition) is 1. The van der Waals surface area contributed by atoms with Gasteiger partial charge in [-0.05, 0) is 18.9 Å². The predicted molar refractivity (Wildman–Crippen MR) is 127 cm³/mol. The van der Waals surface area contributed by atoms with E-state index in [-0.39, 0.29) is 23.3 Å². The Balaban J connectivity index is 1.59. The van der Waals surface area contributed by atoms with Crippen molar-refractivity contribution < 1.29 is 9.53 Å². The van der Waals surface area contributed by atoms with Crippen LogP contribution in [0, 0.1) is 0 Å². The van der Waals surface area contributed by atoms with Crippen LogP contribution in [-0.2, 0) is 16.1 Å². The molecule has 1 aliphatic rings. The molecule has 0 spiro atoms. The Kier molecular flexibility index (Phi) is 7.12. The van der Waals surface area contributed by atoms with Gasteiger partial charge >= 0.3 is 0 Å². The molecule has 0 saturated carbocycles. The van der Waals surface area contributed by atoms with Crippen molar-refractivity contribution in [3.05, 3.63) is 57.7 Å². The quantitative estimate of drug-likeness (QED) is 0.298. The zero-order chi connectivity index (χ0) is 21.8. The van der Waals surface area contributed by atoms with Gasteiger partial charge in [0.1, 0.15) is 4.83 Å². The lowest BCUT2D eigenvalue weighted by Crippen LogP contribution is -2.33. The number of ether oxygens (including phenoxy) is 1. The van der Waals surface area contributed by atoms with Gasteiger partial charge in [0.15, 0.2) is 5.16 Å². The monoisotopic (exact) mass is 475 g/mol. The third kappa shape index (κ3) is 4.87. The molecule has 6 nitrogen and oxygen atoms in total. The van der Waals surface area contributed by atoms with Crippen LogP contribution in [0.15, 0.2) is 52.3 Å². The van der Waals surface area contributed by atoms with Gasteiger partial charge in [0.05, 0.1) is 17.2 Å². The van der Waals surface area contributed by atoms with Crippen LogP contribution >= 0.6 is 34.7 Å². The molecule has 31 heavy (non-hydrogen) atoms. The van der Waals surface area contributed by atoms with Crippen LogP contribution in [-0.4, -0.2) is 40.5 Å². The van der Waals surface area contributed by atoms with Gasteiger partial charge in [-0.2, -0.15) is 0 Å². The van der Waals surface area contributed by atoms with E-state index in [1.54, 1.807) is 16.7 Å². The van der Waals surface area contributed by atoms with Crippen molar-refractivity contribution in [2.75, 3.05) is 18.9 Å². The minimum atomic E-state index is -0.164. The fraction of sp³-hybridized carbons (Fsp3) is 0.318. The maximum absolute atomic E-state index is 13.4. The smallest absolute Gasteiger partial charge is 0.263 e. The number of rotatable bonds is 8. The summed E-state index contributed by atoms with van der Waals surface area (Å²) in [5.74, 6) is 0.0628. The normalized spacial score (nSPS) is 16.0. The van der Waals surface area contributed by atoms with Gasteiger partial charge in [0, 0.05) is 41.2 Å². The Hall–Kier alpha value is -2.13. The molecule has 0 unspecified atom stereocenters. The first-order valence-corrected chi connectivity index (χ1v) is 12.2. The van der Waals surface area contributed by atoms with Crippen LogP contribution in [0.25, 0.3) is 21.3 Å². The van der Waals surface area contributed by atoms with Crippen LogP contribution in [0.1, 0.15) is 12.8 Å². The SMILES string of the molecule is C=CCn1c(SCC(=O)NC[C@H]2CCCO2)nc2scc(-c3ccccc3Cl)c2c1=O. The first-order valence-electron chi connectivity index (χ1n) is 9.97. The number of carbonyl (C=O) groups excluding carboxylic acids is 1. The van der Waals surface area contributed by atoms with Crippen molar-refractivity contribution >= 4 is 50.8 Å². The summed E-state index contributed by atoms with van der Waals surface area (Å²) in [6.07, 6.45) is 3.75. The van der Waals surface area contributed by atoms with Gasteiger partial charge in [-0.25, -0.2) is 4.98 Å². The average molecular weight is 476 g/mol. The molecule has 1 aliphatic heterocycles. The number of fused-ring (bicyclic) bond motifs is 1. The Morgan fingerprint density at radius 3 is 3.00 bits per heavy atom. The van der Waals surface area contributed by atoms with E-state index >= 15 is 0 Å². The molecule has 0 bridgehead atoms. The summed E-state index contributed by atoms with van der Waals surface area (Å²) in [6.45, 7) is 5.33. The standard InChI is InChI=1S/C22H22ClN3O3S2/c1-2-9-26-21(28)19-16(15-7-3-4-8-17(15)23)12-30-20(19)25-22(26)31-13-18(27)24-11-14-6-5-10-29-14/h2-4,7-8,12,14H,1,5-6,9-11,13H2,(H,24,27)/t14-/m1/s1. The molecule has 1 aromatic carbocycles. The molecular weight excluding hydrogens is 454 g/mol. The van der Waals surface area contributed by atoms with Crippen LogP contribution in [0.3, 0.4) is 0 Å². The molecule has 9 heteroatoms.